The summed E-state index contributed by atoms with van der Waals surface area (Å²) in [6, 6.07) is 6.02. The van der Waals surface area contributed by atoms with Crippen molar-refractivity contribution in [3.05, 3.63) is 43.8 Å². The first-order valence-electron chi connectivity index (χ1n) is 4.47. The van der Waals surface area contributed by atoms with E-state index in [-0.39, 0.29) is 0 Å². The maximum Gasteiger partial charge on any atom is 0.114 e. The van der Waals surface area contributed by atoms with E-state index in [1.807, 2.05) is 17.5 Å². The van der Waals surface area contributed by atoms with Crippen LogP contribution in [0.3, 0.4) is 0 Å². The summed E-state index contributed by atoms with van der Waals surface area (Å²) in [5.74, 6) is 0. The van der Waals surface area contributed by atoms with Crippen molar-refractivity contribution in [2.24, 2.45) is 0 Å². The van der Waals surface area contributed by atoms with Gasteiger partial charge in [-0.25, -0.2) is 0 Å². The molecule has 1 nitrogen and oxygen atoms in total. The Hall–Kier alpha value is -0.640. The summed E-state index contributed by atoms with van der Waals surface area (Å²) in [5.41, 5.74) is 1.05. The molecule has 3 heteroatoms. The number of thiophene rings is 2. The summed E-state index contributed by atoms with van der Waals surface area (Å²) >= 11 is 3.34. The molecule has 0 saturated heterocycles. The summed E-state index contributed by atoms with van der Waals surface area (Å²) < 4.78 is 0. The minimum Gasteiger partial charge on any atom is -0.383 e. The molecule has 2 aromatic heterocycles. The molecule has 0 amide bonds. The molecule has 2 aromatic rings. The Morgan fingerprint density at radius 3 is 2.64 bits per heavy atom. The molecule has 0 aliphatic heterocycles. The van der Waals surface area contributed by atoms with Crippen molar-refractivity contribution in [2.75, 3.05) is 0 Å². The fourth-order valence-corrected chi connectivity index (χ4v) is 3.21. The summed E-state index contributed by atoms with van der Waals surface area (Å²) in [7, 11) is 0. The third kappa shape index (κ3) is 1.75. The van der Waals surface area contributed by atoms with Gasteiger partial charge in [0.15, 0.2) is 0 Å². The number of aryl methyl sites for hydroxylation is 2. The molecule has 0 bridgehead atoms. The maximum atomic E-state index is 10.1. The normalized spacial score (nSPS) is 13.1. The second-order valence-electron chi connectivity index (χ2n) is 3.29. The highest BCUT2D eigenvalue weighted by atomic mass is 32.1. The number of hydrogen-bond donors (Lipinski definition) is 1. The topological polar surface area (TPSA) is 20.2 Å². The quantitative estimate of drug-likeness (QED) is 0.827. The van der Waals surface area contributed by atoms with Crippen molar-refractivity contribution in [2.45, 2.75) is 20.0 Å². The third-order valence-corrected chi connectivity index (χ3v) is 4.09. The van der Waals surface area contributed by atoms with Gasteiger partial charge < -0.3 is 5.11 Å². The first-order valence-corrected chi connectivity index (χ1v) is 6.16. The van der Waals surface area contributed by atoms with Crippen molar-refractivity contribution >= 4 is 22.7 Å². The van der Waals surface area contributed by atoms with Crippen LogP contribution in [0.2, 0.25) is 0 Å². The lowest BCUT2D eigenvalue weighted by molar-refractivity contribution is 0.224. The SMILES string of the molecule is Cc1cc(C(O)c2cccs2)c(C)s1. The molecule has 1 N–H and O–H groups in total. The predicted molar refractivity (Wildman–Crippen MR) is 62.2 cm³/mol. The highest BCUT2D eigenvalue weighted by Crippen LogP contribution is 2.32. The van der Waals surface area contributed by atoms with Gasteiger partial charge in [0, 0.05) is 14.6 Å². The van der Waals surface area contributed by atoms with Crippen molar-refractivity contribution in [3.8, 4) is 0 Å². The van der Waals surface area contributed by atoms with Gasteiger partial charge in [-0.05, 0) is 36.9 Å². The van der Waals surface area contributed by atoms with E-state index in [9.17, 15) is 5.11 Å². The van der Waals surface area contributed by atoms with Gasteiger partial charge in [0.2, 0.25) is 0 Å². The van der Waals surface area contributed by atoms with Crippen LogP contribution >= 0.6 is 22.7 Å². The van der Waals surface area contributed by atoms with Gasteiger partial charge in [-0.2, -0.15) is 0 Å². The van der Waals surface area contributed by atoms with E-state index in [0.717, 1.165) is 10.4 Å². The van der Waals surface area contributed by atoms with Gasteiger partial charge in [0.1, 0.15) is 6.10 Å². The minimum absolute atomic E-state index is 0.444. The molecule has 14 heavy (non-hydrogen) atoms. The molecule has 0 aliphatic carbocycles. The zero-order chi connectivity index (χ0) is 10.1. The average Bonchev–Trinajstić information content (AvgIpc) is 2.73. The number of rotatable bonds is 2. The summed E-state index contributed by atoms with van der Waals surface area (Å²) in [4.78, 5) is 3.49. The van der Waals surface area contributed by atoms with Crippen LogP contribution in [-0.4, -0.2) is 5.11 Å². The van der Waals surface area contributed by atoms with E-state index < -0.39 is 6.10 Å². The maximum absolute atomic E-state index is 10.1. The van der Waals surface area contributed by atoms with Gasteiger partial charge in [0.05, 0.1) is 0 Å². The van der Waals surface area contributed by atoms with Crippen LogP contribution in [0.5, 0.6) is 0 Å². The zero-order valence-corrected chi connectivity index (χ0v) is 9.78. The summed E-state index contributed by atoms with van der Waals surface area (Å²) in [5, 5.41) is 12.1. The van der Waals surface area contributed by atoms with E-state index in [1.54, 1.807) is 22.7 Å². The highest BCUT2D eigenvalue weighted by Gasteiger charge is 2.15. The van der Waals surface area contributed by atoms with Crippen molar-refractivity contribution in [3.63, 3.8) is 0 Å². The molecule has 0 saturated carbocycles. The van der Waals surface area contributed by atoms with Gasteiger partial charge in [-0.3, -0.25) is 0 Å². The molecule has 0 aliphatic rings. The summed E-state index contributed by atoms with van der Waals surface area (Å²) in [6.45, 7) is 4.13. The smallest absolute Gasteiger partial charge is 0.114 e. The molecular weight excluding hydrogens is 212 g/mol. The molecule has 0 radical (unpaired) electrons. The molecular formula is C11H12OS2. The molecule has 2 rings (SSSR count). The second-order valence-corrected chi connectivity index (χ2v) is 5.73. The van der Waals surface area contributed by atoms with E-state index in [2.05, 4.69) is 19.9 Å². The standard InChI is InChI=1S/C11H12OS2/c1-7-6-9(8(2)14-7)11(12)10-4-3-5-13-10/h3-6,11-12H,1-2H3. The molecule has 0 fully saturated rings. The van der Waals surface area contributed by atoms with Crippen LogP contribution in [0.25, 0.3) is 0 Å². The monoisotopic (exact) mass is 224 g/mol. The average molecular weight is 224 g/mol. The van der Waals surface area contributed by atoms with Gasteiger partial charge in [0.25, 0.3) is 0 Å². The number of aliphatic hydroxyl groups is 1. The number of aliphatic hydroxyl groups excluding tert-OH is 1. The Morgan fingerprint density at radius 1 is 1.36 bits per heavy atom. The molecule has 1 atom stereocenters. The Kier molecular flexibility index (Phi) is 2.72. The lowest BCUT2D eigenvalue weighted by Crippen LogP contribution is -1.96. The van der Waals surface area contributed by atoms with Crippen LogP contribution in [0.4, 0.5) is 0 Å². The van der Waals surface area contributed by atoms with Crippen molar-refractivity contribution < 1.29 is 5.11 Å². The minimum atomic E-state index is -0.444. The molecule has 0 spiro atoms. The van der Waals surface area contributed by atoms with E-state index in [0.29, 0.717) is 0 Å². The van der Waals surface area contributed by atoms with Gasteiger partial charge >= 0.3 is 0 Å². The fraction of sp³-hybridized carbons (Fsp3) is 0.273. The Morgan fingerprint density at radius 2 is 2.14 bits per heavy atom. The van der Waals surface area contributed by atoms with Gasteiger partial charge in [-0.15, -0.1) is 22.7 Å². The first kappa shape index (κ1) is 9.90. The van der Waals surface area contributed by atoms with E-state index in [1.165, 1.54) is 9.75 Å². The second kappa shape index (κ2) is 3.85. The summed E-state index contributed by atoms with van der Waals surface area (Å²) in [6.07, 6.45) is -0.444. The van der Waals surface area contributed by atoms with Crippen LogP contribution in [-0.2, 0) is 0 Å². The zero-order valence-electron chi connectivity index (χ0n) is 8.15. The Bertz CT molecular complexity index is 414. The largest absolute Gasteiger partial charge is 0.383 e. The third-order valence-electron chi connectivity index (χ3n) is 2.19. The lowest BCUT2D eigenvalue weighted by atomic mass is 10.1. The Labute approximate surface area is 91.7 Å². The highest BCUT2D eigenvalue weighted by molar-refractivity contribution is 7.12. The predicted octanol–water partition coefficient (Wildman–Crippen LogP) is 3.51. The first-order chi connectivity index (χ1) is 6.68. The van der Waals surface area contributed by atoms with Gasteiger partial charge in [-0.1, -0.05) is 6.07 Å². The number of hydrogen-bond acceptors (Lipinski definition) is 3. The Balaban J connectivity index is 2.36. The lowest BCUT2D eigenvalue weighted by Gasteiger charge is -2.07. The van der Waals surface area contributed by atoms with E-state index in [4.69, 9.17) is 0 Å². The molecule has 0 aromatic carbocycles. The van der Waals surface area contributed by atoms with Crippen molar-refractivity contribution in [1.29, 1.82) is 0 Å². The fourth-order valence-electron chi connectivity index (χ4n) is 1.52. The molecule has 2 heterocycles. The van der Waals surface area contributed by atoms with Crippen molar-refractivity contribution in [1.82, 2.24) is 0 Å². The van der Waals surface area contributed by atoms with Crippen LogP contribution in [0.15, 0.2) is 23.6 Å². The van der Waals surface area contributed by atoms with Crippen LogP contribution in [0.1, 0.15) is 26.3 Å². The van der Waals surface area contributed by atoms with E-state index >= 15 is 0 Å². The van der Waals surface area contributed by atoms with Crippen LogP contribution in [0, 0.1) is 13.8 Å². The molecule has 1 unspecified atom stereocenters. The van der Waals surface area contributed by atoms with Crippen LogP contribution < -0.4 is 0 Å². The molecule has 74 valence electrons.